The number of piperidine rings is 1. The predicted octanol–water partition coefficient (Wildman–Crippen LogP) is 5.42. The van der Waals surface area contributed by atoms with E-state index in [-0.39, 0.29) is 5.91 Å². The number of likely N-dealkylation sites (tertiary alicyclic amines) is 1. The standard InChI is InChI=1S/C28H26N4O4/c33-28(23-17-26(36-30-23)25-11-6-16-34-25)31-14-12-20(13-15-31)18-32-24-10-5-4-9-22(24)29-27(32)19-35-21-7-2-1-3-8-21/h1-11,16-17,20H,12-15,18-19H2. The van der Waals surface area contributed by atoms with Crippen molar-refractivity contribution in [2.24, 2.45) is 5.92 Å². The lowest BCUT2D eigenvalue weighted by Gasteiger charge is -2.32. The van der Waals surface area contributed by atoms with Gasteiger partial charge >= 0.3 is 0 Å². The second-order valence-electron chi connectivity index (χ2n) is 9.02. The van der Waals surface area contributed by atoms with Gasteiger partial charge in [0, 0.05) is 25.7 Å². The molecule has 4 heterocycles. The molecular formula is C28H26N4O4. The van der Waals surface area contributed by atoms with Gasteiger partial charge in [-0.05, 0) is 55.2 Å². The van der Waals surface area contributed by atoms with Gasteiger partial charge in [-0.1, -0.05) is 35.5 Å². The lowest BCUT2D eigenvalue weighted by molar-refractivity contribution is 0.0672. The van der Waals surface area contributed by atoms with Gasteiger partial charge in [-0.2, -0.15) is 0 Å². The van der Waals surface area contributed by atoms with Crippen molar-refractivity contribution in [2.75, 3.05) is 13.1 Å². The van der Waals surface area contributed by atoms with Gasteiger partial charge in [0.05, 0.1) is 17.3 Å². The van der Waals surface area contributed by atoms with E-state index in [0.29, 0.717) is 42.8 Å². The zero-order chi connectivity index (χ0) is 24.3. The third-order valence-electron chi connectivity index (χ3n) is 6.68. The first-order valence-corrected chi connectivity index (χ1v) is 12.2. The van der Waals surface area contributed by atoms with E-state index in [1.807, 2.05) is 53.4 Å². The van der Waals surface area contributed by atoms with E-state index in [1.54, 1.807) is 24.5 Å². The first-order valence-electron chi connectivity index (χ1n) is 12.2. The summed E-state index contributed by atoms with van der Waals surface area (Å²) in [6.45, 7) is 2.59. The maximum Gasteiger partial charge on any atom is 0.276 e. The average molecular weight is 483 g/mol. The van der Waals surface area contributed by atoms with Gasteiger partial charge in [-0.3, -0.25) is 4.79 Å². The fourth-order valence-electron chi connectivity index (χ4n) is 4.75. The second kappa shape index (κ2) is 9.73. The number of hydrogen-bond acceptors (Lipinski definition) is 6. The van der Waals surface area contributed by atoms with E-state index in [4.69, 9.17) is 18.7 Å². The maximum atomic E-state index is 13.0. The number of para-hydroxylation sites is 3. The summed E-state index contributed by atoms with van der Waals surface area (Å²) < 4.78 is 18.9. The summed E-state index contributed by atoms with van der Waals surface area (Å²) in [6, 6.07) is 23.2. The topological polar surface area (TPSA) is 86.5 Å². The van der Waals surface area contributed by atoms with Gasteiger partial charge in [-0.25, -0.2) is 4.98 Å². The first-order chi connectivity index (χ1) is 17.7. The fraction of sp³-hybridized carbons (Fsp3) is 0.250. The molecule has 0 atom stereocenters. The van der Waals surface area contributed by atoms with Gasteiger partial charge in [0.2, 0.25) is 5.76 Å². The van der Waals surface area contributed by atoms with Crippen LogP contribution in [0.4, 0.5) is 0 Å². The minimum atomic E-state index is -0.111. The van der Waals surface area contributed by atoms with Gasteiger partial charge in [0.25, 0.3) is 5.91 Å². The van der Waals surface area contributed by atoms with Crippen molar-refractivity contribution in [3.8, 4) is 17.3 Å². The van der Waals surface area contributed by atoms with Crippen molar-refractivity contribution in [1.82, 2.24) is 19.6 Å². The van der Waals surface area contributed by atoms with Crippen LogP contribution in [0.2, 0.25) is 0 Å². The van der Waals surface area contributed by atoms with Gasteiger partial charge in [-0.15, -0.1) is 0 Å². The smallest absolute Gasteiger partial charge is 0.276 e. The lowest BCUT2D eigenvalue weighted by Crippen LogP contribution is -2.39. The number of aromatic nitrogens is 3. The van der Waals surface area contributed by atoms with Crippen LogP contribution < -0.4 is 4.74 Å². The molecule has 0 saturated carbocycles. The Morgan fingerprint density at radius 1 is 0.972 bits per heavy atom. The zero-order valence-electron chi connectivity index (χ0n) is 19.7. The quantitative estimate of drug-likeness (QED) is 0.308. The van der Waals surface area contributed by atoms with Crippen LogP contribution in [0.25, 0.3) is 22.6 Å². The van der Waals surface area contributed by atoms with Gasteiger partial charge in [0.1, 0.15) is 18.2 Å². The summed E-state index contributed by atoms with van der Waals surface area (Å²) in [5.41, 5.74) is 2.38. The molecule has 8 heteroatoms. The molecule has 0 aliphatic carbocycles. The first kappa shape index (κ1) is 22.2. The molecule has 0 radical (unpaired) electrons. The molecule has 0 spiro atoms. The molecule has 3 aromatic heterocycles. The number of fused-ring (bicyclic) bond motifs is 1. The molecule has 1 aliphatic rings. The molecule has 36 heavy (non-hydrogen) atoms. The summed E-state index contributed by atoms with van der Waals surface area (Å²) in [6.07, 6.45) is 3.37. The molecule has 0 bridgehead atoms. The highest BCUT2D eigenvalue weighted by Gasteiger charge is 2.27. The van der Waals surface area contributed by atoms with Crippen LogP contribution in [0.1, 0.15) is 29.2 Å². The van der Waals surface area contributed by atoms with Crippen molar-refractivity contribution in [3.63, 3.8) is 0 Å². The summed E-state index contributed by atoms with van der Waals surface area (Å²) >= 11 is 0. The van der Waals surface area contributed by atoms with Crippen LogP contribution in [-0.2, 0) is 13.2 Å². The number of ether oxygens (including phenoxy) is 1. The Kier molecular flexibility index (Phi) is 5.99. The van der Waals surface area contributed by atoms with Crippen molar-refractivity contribution < 1.29 is 18.5 Å². The molecule has 182 valence electrons. The third-order valence-corrected chi connectivity index (χ3v) is 6.68. The predicted molar refractivity (Wildman–Crippen MR) is 133 cm³/mol. The molecule has 5 aromatic rings. The second-order valence-corrected chi connectivity index (χ2v) is 9.02. The Morgan fingerprint density at radius 3 is 2.58 bits per heavy atom. The van der Waals surface area contributed by atoms with E-state index < -0.39 is 0 Å². The zero-order valence-corrected chi connectivity index (χ0v) is 19.7. The SMILES string of the molecule is O=C(c1cc(-c2ccco2)on1)N1CCC(Cn2c(COc3ccccc3)nc3ccccc32)CC1. The highest BCUT2D eigenvalue weighted by molar-refractivity contribution is 5.93. The average Bonchev–Trinajstić information content (AvgIpc) is 3.69. The molecule has 1 saturated heterocycles. The van der Waals surface area contributed by atoms with Crippen LogP contribution in [0.5, 0.6) is 5.75 Å². The largest absolute Gasteiger partial charge is 0.486 e. The Labute approximate surface area is 208 Å². The Hall–Kier alpha value is -4.33. The number of imidazole rings is 1. The monoisotopic (exact) mass is 482 g/mol. The number of carbonyl (C=O) groups excluding carboxylic acids is 1. The van der Waals surface area contributed by atoms with Crippen LogP contribution >= 0.6 is 0 Å². The van der Waals surface area contributed by atoms with Crippen molar-refractivity contribution in [2.45, 2.75) is 26.0 Å². The van der Waals surface area contributed by atoms with E-state index >= 15 is 0 Å². The minimum absolute atomic E-state index is 0.111. The van der Waals surface area contributed by atoms with Crippen molar-refractivity contribution in [3.05, 3.63) is 90.6 Å². The van der Waals surface area contributed by atoms with Crippen LogP contribution in [0.3, 0.4) is 0 Å². The number of amides is 1. The van der Waals surface area contributed by atoms with Gasteiger partial charge in [0.15, 0.2) is 11.5 Å². The Morgan fingerprint density at radius 2 is 1.78 bits per heavy atom. The number of nitrogens with zero attached hydrogens (tertiary/aromatic N) is 4. The van der Waals surface area contributed by atoms with E-state index in [9.17, 15) is 4.79 Å². The summed E-state index contributed by atoms with van der Waals surface area (Å²) in [7, 11) is 0. The molecule has 6 rings (SSSR count). The lowest BCUT2D eigenvalue weighted by atomic mass is 9.96. The molecule has 2 aromatic carbocycles. The normalized spacial score (nSPS) is 14.4. The summed E-state index contributed by atoms with van der Waals surface area (Å²) in [4.78, 5) is 19.7. The number of hydrogen-bond donors (Lipinski definition) is 0. The van der Waals surface area contributed by atoms with E-state index in [0.717, 1.165) is 42.0 Å². The molecule has 1 fully saturated rings. The van der Waals surface area contributed by atoms with Gasteiger partial charge < -0.3 is 23.1 Å². The number of rotatable bonds is 7. The van der Waals surface area contributed by atoms with E-state index in [2.05, 4.69) is 15.8 Å². The minimum Gasteiger partial charge on any atom is -0.486 e. The third kappa shape index (κ3) is 4.49. The molecular weight excluding hydrogens is 456 g/mol. The molecule has 1 amide bonds. The highest BCUT2D eigenvalue weighted by Crippen LogP contribution is 2.26. The maximum absolute atomic E-state index is 13.0. The number of carbonyl (C=O) groups is 1. The van der Waals surface area contributed by atoms with Crippen molar-refractivity contribution >= 4 is 16.9 Å². The number of furan rings is 1. The summed E-state index contributed by atoms with van der Waals surface area (Å²) in [5.74, 6) is 3.06. The van der Waals surface area contributed by atoms with Crippen LogP contribution in [0, 0.1) is 5.92 Å². The molecule has 8 nitrogen and oxygen atoms in total. The Balaban J connectivity index is 1.12. The highest BCUT2D eigenvalue weighted by atomic mass is 16.5. The van der Waals surface area contributed by atoms with E-state index in [1.165, 1.54) is 0 Å². The fourth-order valence-corrected chi connectivity index (χ4v) is 4.75. The molecule has 0 N–H and O–H groups in total. The Bertz CT molecular complexity index is 1450. The number of benzene rings is 2. The molecule has 1 aliphatic heterocycles. The summed E-state index contributed by atoms with van der Waals surface area (Å²) in [5, 5.41) is 3.97. The van der Waals surface area contributed by atoms with Crippen LogP contribution in [-0.4, -0.2) is 38.6 Å². The molecule has 0 unspecified atom stereocenters. The van der Waals surface area contributed by atoms with Crippen LogP contribution in [0.15, 0.2) is 88.0 Å². The van der Waals surface area contributed by atoms with Crippen molar-refractivity contribution in [1.29, 1.82) is 0 Å².